The van der Waals surface area contributed by atoms with E-state index in [1.165, 1.54) is 5.69 Å². The first-order valence-electron chi connectivity index (χ1n) is 8.19. The van der Waals surface area contributed by atoms with E-state index in [9.17, 15) is 0 Å². The van der Waals surface area contributed by atoms with Crippen LogP contribution in [0.2, 0.25) is 5.02 Å². The van der Waals surface area contributed by atoms with Gasteiger partial charge in [0, 0.05) is 36.9 Å². The van der Waals surface area contributed by atoms with E-state index >= 15 is 0 Å². The SMILES string of the molecule is CCc1n[nH]c2ncnc(N3CCN(c4cccc(Cl)c4)CC3)c12. The number of fused-ring (bicyclic) bond motifs is 1. The summed E-state index contributed by atoms with van der Waals surface area (Å²) < 4.78 is 0. The molecular weight excluding hydrogens is 324 g/mol. The van der Waals surface area contributed by atoms with Crippen molar-refractivity contribution in [3.8, 4) is 0 Å². The van der Waals surface area contributed by atoms with E-state index in [2.05, 4.69) is 43.0 Å². The molecule has 0 unspecified atom stereocenters. The molecule has 3 aromatic rings. The summed E-state index contributed by atoms with van der Waals surface area (Å²) in [6, 6.07) is 8.03. The van der Waals surface area contributed by atoms with Crippen LogP contribution in [0.3, 0.4) is 0 Å². The van der Waals surface area contributed by atoms with Gasteiger partial charge in [-0.15, -0.1) is 0 Å². The fraction of sp³-hybridized carbons (Fsp3) is 0.353. The molecular formula is C17H19ClN6. The molecule has 1 aromatic carbocycles. The quantitative estimate of drug-likeness (QED) is 0.793. The number of benzene rings is 1. The zero-order chi connectivity index (χ0) is 16.5. The first kappa shape index (κ1) is 15.2. The third-order valence-corrected chi connectivity index (χ3v) is 4.74. The van der Waals surface area contributed by atoms with Crippen molar-refractivity contribution in [2.45, 2.75) is 13.3 Å². The summed E-state index contributed by atoms with van der Waals surface area (Å²) in [5.41, 5.74) is 3.01. The van der Waals surface area contributed by atoms with Crippen LogP contribution >= 0.6 is 11.6 Å². The number of nitrogens with zero attached hydrogens (tertiary/aromatic N) is 5. The minimum atomic E-state index is 0.776. The summed E-state index contributed by atoms with van der Waals surface area (Å²) >= 11 is 6.11. The Labute approximate surface area is 145 Å². The Morgan fingerprint density at radius 2 is 1.92 bits per heavy atom. The van der Waals surface area contributed by atoms with Gasteiger partial charge in [0.25, 0.3) is 0 Å². The molecule has 1 saturated heterocycles. The second-order valence-corrected chi connectivity index (χ2v) is 6.34. The number of aromatic amines is 1. The predicted octanol–water partition coefficient (Wildman–Crippen LogP) is 2.90. The van der Waals surface area contributed by atoms with Gasteiger partial charge in [-0.25, -0.2) is 9.97 Å². The summed E-state index contributed by atoms with van der Waals surface area (Å²) in [5, 5.41) is 9.20. The van der Waals surface area contributed by atoms with Crippen molar-refractivity contribution in [3.05, 3.63) is 41.3 Å². The summed E-state index contributed by atoms with van der Waals surface area (Å²) in [6.07, 6.45) is 2.47. The molecule has 4 rings (SSSR count). The minimum absolute atomic E-state index is 0.776. The molecule has 1 aliphatic rings. The molecule has 2 aromatic heterocycles. The summed E-state index contributed by atoms with van der Waals surface area (Å²) in [5.74, 6) is 0.983. The first-order valence-corrected chi connectivity index (χ1v) is 8.57. The molecule has 1 N–H and O–H groups in total. The number of H-pyrrole nitrogens is 1. The zero-order valence-electron chi connectivity index (χ0n) is 13.5. The van der Waals surface area contributed by atoms with Crippen molar-refractivity contribution in [3.63, 3.8) is 0 Å². The van der Waals surface area contributed by atoms with E-state index in [-0.39, 0.29) is 0 Å². The third kappa shape index (κ3) is 2.67. The maximum absolute atomic E-state index is 6.11. The fourth-order valence-electron chi connectivity index (χ4n) is 3.25. The van der Waals surface area contributed by atoms with Crippen LogP contribution in [0.4, 0.5) is 11.5 Å². The van der Waals surface area contributed by atoms with Crippen molar-refractivity contribution >= 4 is 34.1 Å². The van der Waals surface area contributed by atoms with E-state index in [4.69, 9.17) is 11.6 Å². The zero-order valence-corrected chi connectivity index (χ0v) is 14.3. The normalized spacial score (nSPS) is 15.2. The fourth-order valence-corrected chi connectivity index (χ4v) is 3.43. The number of aromatic nitrogens is 4. The molecule has 7 heteroatoms. The highest BCUT2D eigenvalue weighted by molar-refractivity contribution is 6.30. The van der Waals surface area contributed by atoms with Crippen LogP contribution in [-0.4, -0.2) is 46.3 Å². The number of halogens is 1. The summed E-state index contributed by atoms with van der Waals surface area (Å²) in [4.78, 5) is 13.5. The lowest BCUT2D eigenvalue weighted by Gasteiger charge is -2.37. The summed E-state index contributed by atoms with van der Waals surface area (Å²) in [6.45, 7) is 5.79. The van der Waals surface area contributed by atoms with Gasteiger partial charge < -0.3 is 9.80 Å². The van der Waals surface area contributed by atoms with Gasteiger partial charge in [0.2, 0.25) is 0 Å². The van der Waals surface area contributed by atoms with Crippen molar-refractivity contribution in [1.29, 1.82) is 0 Å². The highest BCUT2D eigenvalue weighted by Gasteiger charge is 2.22. The van der Waals surface area contributed by atoms with Crippen molar-refractivity contribution < 1.29 is 0 Å². The van der Waals surface area contributed by atoms with Crippen molar-refractivity contribution in [2.75, 3.05) is 36.0 Å². The lowest BCUT2D eigenvalue weighted by Crippen LogP contribution is -2.47. The Kier molecular flexibility index (Phi) is 3.98. The van der Waals surface area contributed by atoms with Gasteiger partial charge in [0.15, 0.2) is 5.65 Å². The Bertz CT molecular complexity index is 853. The van der Waals surface area contributed by atoms with E-state index < -0.39 is 0 Å². The maximum Gasteiger partial charge on any atom is 0.160 e. The van der Waals surface area contributed by atoms with Gasteiger partial charge in [-0.1, -0.05) is 24.6 Å². The molecule has 0 aliphatic carbocycles. The molecule has 6 nitrogen and oxygen atoms in total. The highest BCUT2D eigenvalue weighted by Crippen LogP contribution is 2.27. The average Bonchev–Trinajstić information content (AvgIpc) is 3.05. The highest BCUT2D eigenvalue weighted by atomic mass is 35.5. The predicted molar refractivity (Wildman–Crippen MR) is 96.9 cm³/mol. The van der Waals surface area contributed by atoms with Gasteiger partial charge in [-0.2, -0.15) is 5.10 Å². The van der Waals surface area contributed by atoms with E-state index in [0.29, 0.717) is 0 Å². The van der Waals surface area contributed by atoms with Crippen LogP contribution in [0.25, 0.3) is 11.0 Å². The Hall–Kier alpha value is -2.34. The Morgan fingerprint density at radius 3 is 2.67 bits per heavy atom. The van der Waals surface area contributed by atoms with Gasteiger partial charge in [-0.05, 0) is 24.6 Å². The van der Waals surface area contributed by atoms with Gasteiger partial charge in [0.1, 0.15) is 12.1 Å². The van der Waals surface area contributed by atoms with Crippen LogP contribution in [0.5, 0.6) is 0 Å². The topological polar surface area (TPSA) is 60.9 Å². The second kappa shape index (κ2) is 6.28. The van der Waals surface area contributed by atoms with Crippen LogP contribution in [0.1, 0.15) is 12.6 Å². The molecule has 0 spiro atoms. The van der Waals surface area contributed by atoms with Crippen LogP contribution in [0, 0.1) is 0 Å². The van der Waals surface area contributed by atoms with Crippen LogP contribution < -0.4 is 9.80 Å². The van der Waals surface area contributed by atoms with Gasteiger partial charge in [0.05, 0.1) is 11.1 Å². The number of piperazine rings is 1. The Balaban J connectivity index is 1.57. The molecule has 1 fully saturated rings. The molecule has 0 atom stereocenters. The largest absolute Gasteiger partial charge is 0.368 e. The molecule has 124 valence electrons. The molecule has 0 bridgehead atoms. The minimum Gasteiger partial charge on any atom is -0.368 e. The van der Waals surface area contributed by atoms with E-state index in [1.54, 1.807) is 6.33 Å². The molecule has 0 radical (unpaired) electrons. The van der Waals surface area contributed by atoms with Crippen LogP contribution in [0.15, 0.2) is 30.6 Å². The second-order valence-electron chi connectivity index (χ2n) is 5.90. The third-order valence-electron chi connectivity index (χ3n) is 4.50. The lowest BCUT2D eigenvalue weighted by molar-refractivity contribution is 0.649. The van der Waals surface area contributed by atoms with E-state index in [1.807, 2.05) is 18.2 Å². The van der Waals surface area contributed by atoms with Gasteiger partial charge in [-0.3, -0.25) is 5.10 Å². The monoisotopic (exact) mass is 342 g/mol. The number of anilines is 2. The van der Waals surface area contributed by atoms with Gasteiger partial charge >= 0.3 is 0 Å². The first-order chi connectivity index (χ1) is 11.8. The van der Waals surface area contributed by atoms with Crippen molar-refractivity contribution in [2.24, 2.45) is 0 Å². The number of hydrogen-bond acceptors (Lipinski definition) is 5. The number of hydrogen-bond donors (Lipinski definition) is 1. The van der Waals surface area contributed by atoms with E-state index in [0.717, 1.165) is 60.2 Å². The Morgan fingerprint density at radius 1 is 1.12 bits per heavy atom. The number of rotatable bonds is 3. The smallest absolute Gasteiger partial charge is 0.160 e. The molecule has 24 heavy (non-hydrogen) atoms. The molecule has 1 aliphatic heterocycles. The molecule has 3 heterocycles. The standard InChI is InChI=1S/C17H19ClN6/c1-2-14-15-16(22-21-14)19-11-20-17(15)24-8-6-23(7-9-24)13-5-3-4-12(18)10-13/h3-5,10-11H,2,6-9H2,1H3,(H,19,20,21,22). The maximum atomic E-state index is 6.11. The average molecular weight is 343 g/mol. The lowest BCUT2D eigenvalue weighted by atomic mass is 10.2. The number of aryl methyl sites for hydroxylation is 1. The van der Waals surface area contributed by atoms with Crippen LogP contribution in [-0.2, 0) is 6.42 Å². The number of nitrogens with one attached hydrogen (secondary N) is 1. The summed E-state index contributed by atoms with van der Waals surface area (Å²) in [7, 11) is 0. The van der Waals surface area contributed by atoms with Crippen molar-refractivity contribution in [1.82, 2.24) is 20.2 Å². The molecule has 0 amide bonds. The molecule has 0 saturated carbocycles.